The molecule has 5 rings (SSSR count). The number of hydrogen-bond acceptors (Lipinski definition) is 4. The Balaban J connectivity index is 0.00000387. The number of allylic oxidation sites excluding steroid dienone is 12. The molecule has 0 atom stereocenters. The van der Waals surface area contributed by atoms with Gasteiger partial charge < -0.3 is 0 Å². The minimum absolute atomic E-state index is 0. The van der Waals surface area contributed by atoms with E-state index in [0.717, 1.165) is 97.0 Å². The summed E-state index contributed by atoms with van der Waals surface area (Å²) in [6.45, 7) is 18.1. The molecule has 0 spiro atoms. The Hall–Kier alpha value is -2.88. The topological polar surface area (TPSA) is 49.4 Å². The Bertz CT molecular complexity index is 1540. The molecule has 0 aliphatic carbocycles. The molecule has 0 fully saturated rings. The second-order valence-corrected chi connectivity index (χ2v) is 10.7. The maximum atomic E-state index is 5.54. The van der Waals surface area contributed by atoms with Crippen LogP contribution < -0.4 is 0 Å². The third kappa shape index (κ3) is 5.17. The molecule has 5 heterocycles. The average molecular weight is 596 g/mol. The van der Waals surface area contributed by atoms with Gasteiger partial charge in [0.15, 0.2) is 0 Å². The van der Waals surface area contributed by atoms with Crippen LogP contribution in [0.3, 0.4) is 0 Å². The number of rotatable bonds is 8. The van der Waals surface area contributed by atoms with Gasteiger partial charge in [-0.2, -0.15) is 0 Å². The first-order chi connectivity index (χ1) is 19.5. The Morgan fingerprint density at radius 3 is 1.49 bits per heavy atom. The van der Waals surface area contributed by atoms with Crippen LogP contribution in [0.2, 0.25) is 0 Å². The Labute approximate surface area is 257 Å². The van der Waals surface area contributed by atoms with E-state index < -0.39 is 0 Å². The van der Waals surface area contributed by atoms with Gasteiger partial charge in [0.25, 0.3) is 0 Å². The van der Waals surface area contributed by atoms with Crippen molar-refractivity contribution in [3.8, 4) is 0 Å². The van der Waals surface area contributed by atoms with Crippen molar-refractivity contribution in [2.75, 3.05) is 0 Å². The normalized spacial score (nSPS) is 20.1. The molecule has 5 aliphatic rings. The molecule has 4 nitrogen and oxygen atoms in total. The predicted octanol–water partition coefficient (Wildman–Crippen LogP) is 9.82. The van der Waals surface area contributed by atoms with E-state index in [-0.39, 0.29) is 17.1 Å². The van der Waals surface area contributed by atoms with Crippen molar-refractivity contribution in [1.82, 2.24) is 0 Å². The fourth-order valence-electron chi connectivity index (χ4n) is 6.92. The zero-order chi connectivity index (χ0) is 28.6. The molecule has 5 aliphatic heterocycles. The minimum atomic E-state index is 0. The van der Waals surface area contributed by atoms with Crippen LogP contribution in [0.1, 0.15) is 107 Å². The molecule has 8 bridgehead atoms. The van der Waals surface area contributed by atoms with E-state index in [9.17, 15) is 0 Å². The minimum Gasteiger partial charge on any atom is -0.249 e. The third-order valence-corrected chi connectivity index (χ3v) is 8.77. The first kappa shape index (κ1) is 31.1. The maximum absolute atomic E-state index is 5.54. The standard InChI is InChI=1S/C36H44N4.Cu/c1-9-23-25(11-3)33-29(15-7)35-27(13-5)28(14-6)36(40-35)30(16-8)34-26(12-4)24(10-2)32(39-34)20-22-18-17-21(37-22)19-31(23)38-33;/h17-20H,9-16H2,1-8H3;. The smallest absolute Gasteiger partial charge is 0.0726 e. The first-order valence-electron chi connectivity index (χ1n) is 15.6. The van der Waals surface area contributed by atoms with E-state index in [4.69, 9.17) is 20.0 Å². The van der Waals surface area contributed by atoms with Crippen molar-refractivity contribution in [1.29, 1.82) is 0 Å². The van der Waals surface area contributed by atoms with Crippen LogP contribution in [-0.2, 0) is 17.1 Å². The average Bonchev–Trinajstić information content (AvgIpc) is 3.73. The summed E-state index contributed by atoms with van der Waals surface area (Å²) in [4.78, 5) is 21.2. The van der Waals surface area contributed by atoms with E-state index in [1.54, 1.807) is 0 Å². The summed E-state index contributed by atoms with van der Waals surface area (Å²) >= 11 is 0. The van der Waals surface area contributed by atoms with Gasteiger partial charge in [0, 0.05) is 28.2 Å². The molecule has 0 unspecified atom stereocenters. The summed E-state index contributed by atoms with van der Waals surface area (Å²) in [7, 11) is 0. The number of nitrogens with zero attached hydrogens (tertiary/aromatic N) is 4. The molecule has 0 aromatic heterocycles. The van der Waals surface area contributed by atoms with Crippen molar-refractivity contribution in [3.63, 3.8) is 0 Å². The second-order valence-electron chi connectivity index (χ2n) is 10.7. The number of fused-ring (bicyclic) bond motifs is 4. The third-order valence-electron chi connectivity index (χ3n) is 8.77. The molecule has 219 valence electrons. The molecule has 0 saturated heterocycles. The van der Waals surface area contributed by atoms with Gasteiger partial charge in [-0.1, -0.05) is 55.4 Å². The summed E-state index contributed by atoms with van der Waals surface area (Å²) < 4.78 is 0. The van der Waals surface area contributed by atoms with Crippen LogP contribution in [0, 0.1) is 0 Å². The van der Waals surface area contributed by atoms with Crippen LogP contribution in [0.25, 0.3) is 0 Å². The first-order valence-corrected chi connectivity index (χ1v) is 15.6. The van der Waals surface area contributed by atoms with Crippen LogP contribution in [0.15, 0.2) is 112 Å². The zero-order valence-corrected chi connectivity index (χ0v) is 27.0. The SMILES string of the molecule is CCC1=C(CC)C2=NC1=CC1=NC(=CC3=NC(=C(CC)C4=NC(=C2CC)C(CC)=C4CC)C(CC)=C3CC)C=C1.[Cu]. The van der Waals surface area contributed by atoms with E-state index in [1.165, 1.54) is 44.6 Å². The van der Waals surface area contributed by atoms with Crippen molar-refractivity contribution in [2.24, 2.45) is 20.0 Å². The van der Waals surface area contributed by atoms with Gasteiger partial charge in [-0.3, -0.25) is 0 Å². The Kier molecular flexibility index (Phi) is 9.82. The van der Waals surface area contributed by atoms with Crippen molar-refractivity contribution in [2.45, 2.75) is 107 Å². The van der Waals surface area contributed by atoms with Crippen LogP contribution in [0.4, 0.5) is 0 Å². The molecule has 5 heteroatoms. The maximum Gasteiger partial charge on any atom is 0.0726 e. The zero-order valence-electron chi connectivity index (χ0n) is 26.1. The fraction of sp³-hybridized carbons (Fsp3) is 0.444. The Morgan fingerprint density at radius 1 is 0.439 bits per heavy atom. The van der Waals surface area contributed by atoms with E-state index in [0.29, 0.717) is 0 Å². The number of hydrogen-bond donors (Lipinski definition) is 0. The molecule has 0 saturated carbocycles. The number of aliphatic imine (C=N–C) groups is 4. The van der Waals surface area contributed by atoms with Crippen LogP contribution in [0.5, 0.6) is 0 Å². The quantitative estimate of drug-likeness (QED) is 0.251. The molecule has 0 amide bonds. The monoisotopic (exact) mass is 595 g/mol. The van der Waals surface area contributed by atoms with Gasteiger partial charge in [0.1, 0.15) is 0 Å². The van der Waals surface area contributed by atoms with Crippen LogP contribution >= 0.6 is 0 Å². The molecule has 0 N–H and O–H groups in total. The molecule has 0 aromatic rings. The van der Waals surface area contributed by atoms with Crippen molar-refractivity contribution >= 4 is 22.8 Å². The van der Waals surface area contributed by atoms with Gasteiger partial charge in [-0.15, -0.1) is 0 Å². The second kappa shape index (κ2) is 13.0. The van der Waals surface area contributed by atoms with Crippen molar-refractivity contribution in [3.05, 3.63) is 91.7 Å². The summed E-state index contributed by atoms with van der Waals surface area (Å²) in [6, 6.07) is 0. The molecule has 0 aromatic carbocycles. The summed E-state index contributed by atoms with van der Waals surface area (Å²) in [5.41, 5.74) is 19.3. The predicted molar refractivity (Wildman–Crippen MR) is 173 cm³/mol. The van der Waals surface area contributed by atoms with Gasteiger partial charge in [0.2, 0.25) is 0 Å². The van der Waals surface area contributed by atoms with Gasteiger partial charge in [-0.05, 0) is 109 Å². The van der Waals surface area contributed by atoms with E-state index in [2.05, 4.69) is 79.7 Å². The summed E-state index contributed by atoms with van der Waals surface area (Å²) in [6.07, 6.45) is 16.1. The van der Waals surface area contributed by atoms with E-state index >= 15 is 0 Å². The fourth-order valence-corrected chi connectivity index (χ4v) is 6.92. The van der Waals surface area contributed by atoms with Gasteiger partial charge >= 0.3 is 0 Å². The summed E-state index contributed by atoms with van der Waals surface area (Å²) in [5.74, 6) is 0. The molecule has 1 radical (unpaired) electrons. The van der Waals surface area contributed by atoms with Gasteiger partial charge in [-0.25, -0.2) is 20.0 Å². The summed E-state index contributed by atoms with van der Waals surface area (Å²) in [5, 5.41) is 0. The molecular formula is C36H44CuN4. The largest absolute Gasteiger partial charge is 0.249 e. The molecule has 41 heavy (non-hydrogen) atoms. The van der Waals surface area contributed by atoms with E-state index in [1.807, 2.05) is 0 Å². The van der Waals surface area contributed by atoms with Gasteiger partial charge in [0.05, 0.1) is 45.6 Å². The van der Waals surface area contributed by atoms with Crippen molar-refractivity contribution < 1.29 is 17.1 Å². The molecular weight excluding hydrogens is 552 g/mol. The Morgan fingerprint density at radius 2 is 0.927 bits per heavy atom. The van der Waals surface area contributed by atoms with Crippen LogP contribution in [-0.4, -0.2) is 22.8 Å².